The standard InChI is InChI=1S/C10H12ClO.BrH.Zn/c1-2-3-8-12-10-6-4-9(11)5-7-10;;/h4-6H,2-3,8H2,1H3;1H;/q-1;;+2/p-1. The van der Waals surface area contributed by atoms with Crippen LogP contribution in [-0.4, -0.2) is 6.61 Å². The van der Waals surface area contributed by atoms with Gasteiger partial charge in [0.1, 0.15) is 0 Å². The number of halogens is 2. The summed E-state index contributed by atoms with van der Waals surface area (Å²) in [5, 5.41) is 0.692. The zero-order valence-electron chi connectivity index (χ0n) is 8.22. The van der Waals surface area contributed by atoms with Crippen LogP contribution in [0, 0.1) is 6.07 Å². The van der Waals surface area contributed by atoms with Gasteiger partial charge in [0.2, 0.25) is 0 Å². The van der Waals surface area contributed by atoms with Crippen molar-refractivity contribution >= 4 is 25.2 Å². The van der Waals surface area contributed by atoms with Crippen LogP contribution in [-0.2, 0) is 16.3 Å². The molecule has 1 aromatic carbocycles. The van der Waals surface area contributed by atoms with Crippen molar-refractivity contribution in [2.45, 2.75) is 19.8 Å². The van der Waals surface area contributed by atoms with Crippen LogP contribution in [0.15, 0.2) is 18.2 Å². The van der Waals surface area contributed by atoms with Gasteiger partial charge in [0.15, 0.2) is 0 Å². The summed E-state index contributed by atoms with van der Waals surface area (Å²) < 4.78 is 5.39. The average molecular weight is 329 g/mol. The molecule has 0 spiro atoms. The first-order valence-corrected chi connectivity index (χ1v) is 11.7. The van der Waals surface area contributed by atoms with Crippen molar-refractivity contribution in [3.05, 3.63) is 29.3 Å². The molecule has 0 bridgehead atoms. The maximum atomic E-state index is 5.69. The molecular weight excluding hydrogens is 317 g/mol. The molecule has 0 aliphatic heterocycles. The molecule has 14 heavy (non-hydrogen) atoms. The van der Waals surface area contributed by atoms with Crippen LogP contribution >= 0.6 is 25.2 Å². The first-order chi connectivity index (χ1) is 6.83. The normalized spacial score (nSPS) is 8.93. The zero-order valence-corrected chi connectivity index (χ0v) is 13.5. The van der Waals surface area contributed by atoms with E-state index in [0.717, 1.165) is 25.2 Å². The van der Waals surface area contributed by atoms with Crippen LogP contribution < -0.4 is 4.74 Å². The molecule has 74 valence electrons. The minimum atomic E-state index is 0.692. The fraction of sp³-hybridized carbons (Fsp3) is 0.400. The van der Waals surface area contributed by atoms with Crippen LogP contribution in [0.4, 0.5) is 0 Å². The topological polar surface area (TPSA) is 9.23 Å². The van der Waals surface area contributed by atoms with Gasteiger partial charge in [0.05, 0.1) is 6.61 Å². The van der Waals surface area contributed by atoms with Crippen molar-refractivity contribution in [1.29, 1.82) is 0 Å². The summed E-state index contributed by atoms with van der Waals surface area (Å²) in [6.45, 7) is 2.89. The van der Waals surface area contributed by atoms with E-state index in [2.05, 4.69) is 26.6 Å². The first-order valence-electron chi connectivity index (χ1n) is 4.39. The van der Waals surface area contributed by atoms with Gasteiger partial charge in [0, 0.05) is 5.75 Å². The molecule has 0 saturated heterocycles. The van der Waals surface area contributed by atoms with Crippen molar-refractivity contribution in [2.24, 2.45) is 0 Å². The monoisotopic (exact) mass is 326 g/mol. The SMILES string of the molecule is CCCCOc1[c-]cc(Cl)cc1.[Zn+][Br]. The summed E-state index contributed by atoms with van der Waals surface area (Å²) in [5.74, 6) is 0.771. The van der Waals surface area contributed by atoms with Crippen molar-refractivity contribution in [1.82, 2.24) is 0 Å². The third-order valence-electron chi connectivity index (χ3n) is 1.50. The number of rotatable bonds is 4. The van der Waals surface area contributed by atoms with Gasteiger partial charge in [-0.3, -0.25) is 0 Å². The third-order valence-corrected chi connectivity index (χ3v) is 1.74. The summed E-state index contributed by atoms with van der Waals surface area (Å²) in [5.41, 5.74) is 0. The van der Waals surface area contributed by atoms with Gasteiger partial charge in [-0.1, -0.05) is 18.4 Å². The molecule has 1 rings (SSSR count). The van der Waals surface area contributed by atoms with E-state index in [-0.39, 0.29) is 0 Å². The average Bonchev–Trinajstić information content (AvgIpc) is 2.24. The van der Waals surface area contributed by atoms with E-state index in [1.54, 1.807) is 12.1 Å². The summed E-state index contributed by atoms with van der Waals surface area (Å²) >= 11 is 9.94. The maximum absolute atomic E-state index is 5.69. The second kappa shape index (κ2) is 9.95. The predicted octanol–water partition coefficient (Wildman–Crippen LogP) is 4.16. The number of benzene rings is 1. The molecule has 0 saturated carbocycles. The Morgan fingerprint density at radius 3 is 2.71 bits per heavy atom. The number of hydrogen-bond acceptors (Lipinski definition) is 1. The van der Waals surface area contributed by atoms with E-state index in [9.17, 15) is 0 Å². The molecule has 4 heteroatoms. The number of hydrogen-bond donors (Lipinski definition) is 0. The predicted molar refractivity (Wildman–Crippen MR) is 59.6 cm³/mol. The van der Waals surface area contributed by atoms with Gasteiger partial charge in [-0.15, -0.1) is 12.1 Å². The van der Waals surface area contributed by atoms with Gasteiger partial charge >= 0.3 is 30.0 Å². The van der Waals surface area contributed by atoms with Gasteiger partial charge in [-0.25, -0.2) is 0 Å². The van der Waals surface area contributed by atoms with Crippen molar-refractivity contribution in [3.8, 4) is 5.75 Å². The molecule has 0 amide bonds. The van der Waals surface area contributed by atoms with E-state index in [1.807, 2.05) is 6.07 Å². The Balaban J connectivity index is 0.000000791. The first kappa shape index (κ1) is 14.4. The second-order valence-electron chi connectivity index (χ2n) is 2.57. The molecule has 0 aliphatic rings. The van der Waals surface area contributed by atoms with Crippen LogP contribution in [0.2, 0.25) is 5.02 Å². The number of ether oxygens (including phenoxy) is 1. The Bertz CT molecular complexity index is 228. The molecule has 0 radical (unpaired) electrons. The molecule has 1 aromatic rings. The zero-order chi connectivity index (χ0) is 10.8. The van der Waals surface area contributed by atoms with Crippen molar-refractivity contribution in [3.63, 3.8) is 0 Å². The van der Waals surface area contributed by atoms with E-state index < -0.39 is 0 Å². The molecule has 0 N–H and O–H groups in total. The number of unbranched alkanes of at least 4 members (excludes halogenated alkanes) is 1. The molecule has 0 heterocycles. The van der Waals surface area contributed by atoms with Gasteiger partial charge in [-0.05, 0) is 6.42 Å². The van der Waals surface area contributed by atoms with Gasteiger partial charge in [-0.2, -0.15) is 23.7 Å². The van der Waals surface area contributed by atoms with E-state index >= 15 is 0 Å². The third kappa shape index (κ3) is 6.81. The summed E-state index contributed by atoms with van der Waals surface area (Å²) in [7, 11) is 0. The van der Waals surface area contributed by atoms with Crippen LogP contribution in [0.5, 0.6) is 5.75 Å². The molecule has 0 aromatic heterocycles. The Morgan fingerprint density at radius 1 is 1.50 bits per heavy atom. The molecule has 0 unspecified atom stereocenters. The van der Waals surface area contributed by atoms with Gasteiger partial charge in [0.25, 0.3) is 0 Å². The summed E-state index contributed by atoms with van der Waals surface area (Å²) in [6.07, 6.45) is 2.23. The molecular formula is C10H12BrClOZn. The van der Waals surface area contributed by atoms with E-state index in [1.165, 1.54) is 16.3 Å². The summed E-state index contributed by atoms with van der Waals surface area (Å²) in [4.78, 5) is 0. The minimum absolute atomic E-state index is 0.692. The van der Waals surface area contributed by atoms with Crippen molar-refractivity contribution < 1.29 is 21.1 Å². The fourth-order valence-electron chi connectivity index (χ4n) is 0.808. The van der Waals surface area contributed by atoms with E-state index in [0.29, 0.717) is 5.02 Å². The molecule has 0 atom stereocenters. The summed E-state index contributed by atoms with van der Waals surface area (Å²) in [6, 6.07) is 8.29. The second-order valence-corrected chi connectivity index (χ2v) is 3.01. The Labute approximate surface area is 107 Å². The Morgan fingerprint density at radius 2 is 2.21 bits per heavy atom. The van der Waals surface area contributed by atoms with Crippen LogP contribution in [0.1, 0.15) is 19.8 Å². The Hall–Kier alpha value is 0.413. The molecule has 0 fully saturated rings. The quantitative estimate of drug-likeness (QED) is 0.458. The van der Waals surface area contributed by atoms with E-state index in [4.69, 9.17) is 16.3 Å². The van der Waals surface area contributed by atoms with Crippen molar-refractivity contribution in [2.75, 3.05) is 6.61 Å². The molecule has 1 nitrogen and oxygen atoms in total. The Kier molecular flexibility index (Phi) is 10.2. The van der Waals surface area contributed by atoms with Gasteiger partial charge < -0.3 is 4.74 Å². The van der Waals surface area contributed by atoms with Crippen LogP contribution in [0.25, 0.3) is 0 Å². The fourth-order valence-corrected chi connectivity index (χ4v) is 0.925. The van der Waals surface area contributed by atoms with Crippen LogP contribution in [0.3, 0.4) is 0 Å². The molecule has 0 aliphatic carbocycles.